The van der Waals surface area contributed by atoms with Gasteiger partial charge in [-0.3, -0.25) is 0 Å². The highest BCUT2D eigenvalue weighted by molar-refractivity contribution is 6.33. The van der Waals surface area contributed by atoms with Crippen molar-refractivity contribution in [2.75, 3.05) is 57.4 Å². The zero-order chi connectivity index (χ0) is 35.2. The Bertz CT molecular complexity index is 2090. The SMILES string of the molecule is C#Cc1c(Cl)ccc2cc(O)cc(-c3c(C(F)(F)F)cc4c(N5CC6CCC(C5)N6)nc(OCC5(CN6C[C@H]7COC[C@H]7C6)CC5)nc4c3F)c12. The number of phenolic OH excluding ortho intramolecular Hbond substituents is 1. The number of piperazine rings is 1. The molecule has 1 aliphatic carbocycles. The minimum atomic E-state index is -5.00. The highest BCUT2D eigenvalue weighted by Gasteiger charge is 2.48. The normalized spacial score (nSPS) is 25.5. The van der Waals surface area contributed by atoms with Crippen molar-refractivity contribution in [3.05, 3.63) is 52.3 Å². The van der Waals surface area contributed by atoms with Crippen molar-refractivity contribution in [1.29, 1.82) is 0 Å². The van der Waals surface area contributed by atoms with Crippen LogP contribution in [0, 0.1) is 35.4 Å². The lowest BCUT2D eigenvalue weighted by atomic mass is 9.90. The number of aromatic hydroxyl groups is 1. The van der Waals surface area contributed by atoms with Crippen molar-refractivity contribution in [3.8, 4) is 35.2 Å². The fourth-order valence-corrected chi connectivity index (χ4v) is 9.06. The van der Waals surface area contributed by atoms with Gasteiger partial charge in [0.05, 0.1) is 36.0 Å². The summed E-state index contributed by atoms with van der Waals surface area (Å²) in [6.07, 6.45) is 4.58. The van der Waals surface area contributed by atoms with Crippen LogP contribution in [0.3, 0.4) is 0 Å². The van der Waals surface area contributed by atoms with E-state index in [9.17, 15) is 5.11 Å². The molecule has 9 rings (SSSR count). The van der Waals surface area contributed by atoms with Crippen molar-refractivity contribution in [1.82, 2.24) is 20.2 Å². The molecule has 2 N–H and O–H groups in total. The number of likely N-dealkylation sites (tertiary alicyclic amines) is 1. The highest BCUT2D eigenvalue weighted by atomic mass is 35.5. The van der Waals surface area contributed by atoms with Crippen LogP contribution in [0.4, 0.5) is 23.4 Å². The number of rotatable bonds is 7. The summed E-state index contributed by atoms with van der Waals surface area (Å²) in [4.78, 5) is 13.6. The van der Waals surface area contributed by atoms with E-state index in [0.717, 1.165) is 70.7 Å². The molecule has 8 nitrogen and oxygen atoms in total. The first-order valence-corrected chi connectivity index (χ1v) is 17.8. The molecule has 1 aromatic heterocycles. The number of terminal acetylenes is 1. The molecule has 0 amide bonds. The van der Waals surface area contributed by atoms with E-state index in [2.05, 4.69) is 21.1 Å². The Hall–Kier alpha value is -3.89. The van der Waals surface area contributed by atoms with Crippen LogP contribution in [-0.4, -0.2) is 84.6 Å². The summed E-state index contributed by atoms with van der Waals surface area (Å²) in [6.45, 7) is 5.73. The monoisotopic (exact) mass is 721 g/mol. The first-order valence-electron chi connectivity index (χ1n) is 17.5. The minimum absolute atomic E-state index is 0.0659. The summed E-state index contributed by atoms with van der Waals surface area (Å²) < 4.78 is 74.5. The fourth-order valence-electron chi connectivity index (χ4n) is 8.85. The Morgan fingerprint density at radius 1 is 1.06 bits per heavy atom. The van der Waals surface area contributed by atoms with E-state index in [-0.39, 0.29) is 67.5 Å². The van der Waals surface area contributed by atoms with E-state index in [4.69, 9.17) is 32.5 Å². The standard InChI is InChI=1S/C38H36ClF4N5O3/c1-2-26-30(39)6-3-20-9-25(49)10-27(31(20)26)32-29(38(41,42)43)11-28-34(33(32)40)45-36(46-35(28)48-14-23-4-5-24(15-48)44-23)51-19-37(7-8-37)18-47-12-21-16-50-17-22(21)13-47/h1,3,6,9-11,21-24,44,49H,4-5,7-8,12-19H2/t21-,22+,23?,24?. The van der Waals surface area contributed by atoms with Crippen LogP contribution in [0.5, 0.6) is 11.8 Å². The smallest absolute Gasteiger partial charge is 0.417 e. The Balaban J connectivity index is 1.18. The Morgan fingerprint density at radius 2 is 1.78 bits per heavy atom. The number of halogens is 5. The first kappa shape index (κ1) is 33.0. The van der Waals surface area contributed by atoms with Crippen LogP contribution in [0.25, 0.3) is 32.8 Å². The predicted molar refractivity (Wildman–Crippen MR) is 186 cm³/mol. The molecule has 51 heavy (non-hydrogen) atoms. The van der Waals surface area contributed by atoms with Crippen LogP contribution < -0.4 is 15.0 Å². The van der Waals surface area contributed by atoms with Gasteiger partial charge in [0.15, 0.2) is 5.82 Å². The molecule has 4 aromatic rings. The second-order valence-electron chi connectivity index (χ2n) is 15.1. The van der Waals surface area contributed by atoms with Gasteiger partial charge in [0.2, 0.25) is 0 Å². The Morgan fingerprint density at radius 3 is 2.45 bits per heavy atom. The maximum Gasteiger partial charge on any atom is 0.417 e. The number of phenols is 1. The van der Waals surface area contributed by atoms with Gasteiger partial charge in [-0.15, -0.1) is 6.42 Å². The summed E-state index contributed by atoms with van der Waals surface area (Å²) in [7, 11) is 0. The molecule has 266 valence electrons. The number of hydrogen-bond acceptors (Lipinski definition) is 8. The number of nitrogens with zero attached hydrogens (tertiary/aromatic N) is 4. The van der Waals surface area contributed by atoms with Crippen LogP contribution >= 0.6 is 11.6 Å². The van der Waals surface area contributed by atoms with E-state index < -0.39 is 23.1 Å². The largest absolute Gasteiger partial charge is 0.508 e. The number of anilines is 1. The molecule has 2 unspecified atom stereocenters. The average molecular weight is 722 g/mol. The minimum Gasteiger partial charge on any atom is -0.508 e. The highest BCUT2D eigenvalue weighted by Crippen LogP contribution is 2.49. The average Bonchev–Trinajstić information content (AvgIpc) is 3.33. The summed E-state index contributed by atoms with van der Waals surface area (Å²) in [5.74, 6) is 2.18. The quantitative estimate of drug-likeness (QED) is 0.163. The third kappa shape index (κ3) is 5.82. The maximum absolute atomic E-state index is 17.2. The molecule has 4 atom stereocenters. The molecule has 4 saturated heterocycles. The van der Waals surface area contributed by atoms with Crippen LogP contribution in [0.15, 0.2) is 30.3 Å². The van der Waals surface area contributed by atoms with Gasteiger partial charge < -0.3 is 29.7 Å². The molecule has 3 aromatic carbocycles. The van der Waals surface area contributed by atoms with Crippen LogP contribution in [-0.2, 0) is 10.9 Å². The number of benzene rings is 3. The third-order valence-electron chi connectivity index (χ3n) is 11.5. The summed E-state index contributed by atoms with van der Waals surface area (Å²) >= 11 is 6.40. The van der Waals surface area contributed by atoms with Crippen molar-refractivity contribution in [2.24, 2.45) is 17.3 Å². The van der Waals surface area contributed by atoms with Gasteiger partial charge in [0, 0.05) is 78.4 Å². The Kier molecular flexibility index (Phi) is 7.82. The molecular formula is C38H36ClF4N5O3. The van der Waals surface area contributed by atoms with E-state index in [1.165, 1.54) is 18.2 Å². The molecule has 1 saturated carbocycles. The molecule has 13 heteroatoms. The van der Waals surface area contributed by atoms with Gasteiger partial charge in [-0.05, 0) is 60.9 Å². The molecule has 5 fully saturated rings. The molecule has 0 spiro atoms. The summed E-state index contributed by atoms with van der Waals surface area (Å²) in [5, 5.41) is 14.7. The first-order chi connectivity index (χ1) is 24.5. The number of alkyl halides is 3. The molecule has 5 heterocycles. The lowest BCUT2D eigenvalue weighted by Crippen LogP contribution is -2.51. The summed E-state index contributed by atoms with van der Waals surface area (Å²) in [6, 6.07) is 6.55. The van der Waals surface area contributed by atoms with Gasteiger partial charge in [0.1, 0.15) is 17.1 Å². The lowest BCUT2D eigenvalue weighted by Gasteiger charge is -2.34. The topological polar surface area (TPSA) is 83.0 Å². The maximum atomic E-state index is 17.2. The molecule has 5 aliphatic rings. The van der Waals surface area contributed by atoms with Crippen molar-refractivity contribution >= 4 is 39.1 Å². The number of hydrogen-bond donors (Lipinski definition) is 2. The van der Waals surface area contributed by atoms with Gasteiger partial charge in [-0.1, -0.05) is 23.6 Å². The van der Waals surface area contributed by atoms with E-state index in [1.807, 2.05) is 4.90 Å². The summed E-state index contributed by atoms with van der Waals surface area (Å²) in [5.41, 5.74) is -2.58. The molecule has 4 aliphatic heterocycles. The van der Waals surface area contributed by atoms with Crippen LogP contribution in [0.2, 0.25) is 5.02 Å². The number of nitrogens with one attached hydrogen (secondary N) is 1. The number of fused-ring (bicyclic) bond motifs is 5. The van der Waals surface area contributed by atoms with Gasteiger partial charge in [-0.25, -0.2) is 4.39 Å². The zero-order valence-electron chi connectivity index (χ0n) is 27.7. The van der Waals surface area contributed by atoms with Crippen molar-refractivity contribution in [2.45, 2.75) is 43.9 Å². The van der Waals surface area contributed by atoms with E-state index >= 15 is 17.6 Å². The van der Waals surface area contributed by atoms with Crippen molar-refractivity contribution in [3.63, 3.8) is 0 Å². The predicted octanol–water partition coefficient (Wildman–Crippen LogP) is 6.63. The van der Waals surface area contributed by atoms with E-state index in [1.54, 1.807) is 0 Å². The van der Waals surface area contributed by atoms with Crippen molar-refractivity contribution < 1.29 is 32.1 Å². The second kappa shape index (κ2) is 12.1. The van der Waals surface area contributed by atoms with Gasteiger partial charge in [0.25, 0.3) is 0 Å². The fraction of sp³-hybridized carbons (Fsp3) is 0.474. The van der Waals surface area contributed by atoms with Gasteiger partial charge in [-0.2, -0.15) is 23.1 Å². The molecular weight excluding hydrogens is 686 g/mol. The van der Waals surface area contributed by atoms with E-state index in [0.29, 0.717) is 36.9 Å². The zero-order valence-corrected chi connectivity index (χ0v) is 28.5. The lowest BCUT2D eigenvalue weighted by molar-refractivity contribution is -0.137. The van der Waals surface area contributed by atoms with Gasteiger partial charge >= 0.3 is 12.2 Å². The molecule has 0 radical (unpaired) electrons. The number of ether oxygens (including phenoxy) is 2. The van der Waals surface area contributed by atoms with Crippen LogP contribution in [0.1, 0.15) is 36.8 Å². The molecule has 2 bridgehead atoms. The third-order valence-corrected chi connectivity index (χ3v) is 11.8. The number of aromatic nitrogens is 2. The Labute approximate surface area is 297 Å². The second-order valence-corrected chi connectivity index (χ2v) is 15.5.